The van der Waals surface area contributed by atoms with Gasteiger partial charge in [0.15, 0.2) is 5.96 Å². The molecular formula is C21H25IN6S. The van der Waals surface area contributed by atoms with E-state index >= 15 is 0 Å². The summed E-state index contributed by atoms with van der Waals surface area (Å²) < 4.78 is 2.17. The summed E-state index contributed by atoms with van der Waals surface area (Å²) >= 11 is 1.96. The third kappa shape index (κ3) is 5.96. The second-order valence-corrected chi connectivity index (χ2v) is 8.41. The summed E-state index contributed by atoms with van der Waals surface area (Å²) in [6.45, 7) is 1.58. The largest absolute Gasteiger partial charge is 0.355 e. The lowest BCUT2D eigenvalue weighted by Gasteiger charge is -2.18. The van der Waals surface area contributed by atoms with Gasteiger partial charge in [-0.05, 0) is 36.6 Å². The molecule has 2 heterocycles. The molecule has 0 bridgehead atoms. The van der Waals surface area contributed by atoms with Gasteiger partial charge in [-0.3, -0.25) is 9.56 Å². The van der Waals surface area contributed by atoms with Crippen molar-refractivity contribution < 1.29 is 0 Å². The monoisotopic (exact) mass is 520 g/mol. The van der Waals surface area contributed by atoms with Gasteiger partial charge in [0.05, 0.1) is 0 Å². The maximum Gasteiger partial charge on any atom is 0.191 e. The number of aromatic nitrogens is 3. The van der Waals surface area contributed by atoms with Crippen molar-refractivity contribution in [2.45, 2.75) is 29.0 Å². The third-order valence-electron chi connectivity index (χ3n) is 4.72. The quantitative estimate of drug-likeness (QED) is 0.281. The Morgan fingerprint density at radius 3 is 2.62 bits per heavy atom. The number of pyridine rings is 1. The second kappa shape index (κ2) is 10.1. The van der Waals surface area contributed by atoms with Crippen molar-refractivity contribution in [3.8, 4) is 5.82 Å². The number of rotatable bonds is 7. The van der Waals surface area contributed by atoms with Crippen molar-refractivity contribution in [1.82, 2.24) is 25.2 Å². The van der Waals surface area contributed by atoms with E-state index in [0.29, 0.717) is 6.54 Å². The van der Waals surface area contributed by atoms with Crippen LogP contribution in [0.4, 0.5) is 0 Å². The molecule has 2 N–H and O–H groups in total. The summed E-state index contributed by atoms with van der Waals surface area (Å²) in [6.07, 6.45) is 9.71. The van der Waals surface area contributed by atoms with Crippen LogP contribution in [-0.2, 0) is 6.54 Å². The Labute approximate surface area is 192 Å². The number of hydrogen-bond donors (Lipinski definition) is 2. The number of benzene rings is 1. The van der Waals surface area contributed by atoms with Crippen LogP contribution in [0.1, 0.15) is 18.4 Å². The van der Waals surface area contributed by atoms with E-state index in [9.17, 15) is 0 Å². The zero-order valence-electron chi connectivity index (χ0n) is 16.3. The van der Waals surface area contributed by atoms with Crippen LogP contribution in [0.3, 0.4) is 0 Å². The molecule has 0 saturated heterocycles. The highest BCUT2D eigenvalue weighted by molar-refractivity contribution is 14.0. The van der Waals surface area contributed by atoms with Crippen molar-refractivity contribution in [2.75, 3.05) is 13.6 Å². The van der Waals surface area contributed by atoms with Gasteiger partial charge in [-0.25, -0.2) is 9.97 Å². The number of halogens is 1. The maximum absolute atomic E-state index is 4.49. The number of nitrogens with zero attached hydrogens (tertiary/aromatic N) is 4. The summed E-state index contributed by atoms with van der Waals surface area (Å²) in [7, 11) is 1.81. The molecule has 6 nitrogen and oxygen atoms in total. The van der Waals surface area contributed by atoms with E-state index in [1.54, 1.807) is 19.6 Å². The number of hydrogen-bond acceptors (Lipinski definition) is 4. The van der Waals surface area contributed by atoms with Crippen LogP contribution in [0.5, 0.6) is 0 Å². The molecule has 152 valence electrons. The molecule has 0 unspecified atom stereocenters. The van der Waals surface area contributed by atoms with Gasteiger partial charge >= 0.3 is 0 Å². The van der Waals surface area contributed by atoms with Crippen molar-refractivity contribution in [2.24, 2.45) is 4.99 Å². The Balaban J connectivity index is 0.00000240. The predicted octanol–water partition coefficient (Wildman–Crippen LogP) is 3.88. The van der Waals surface area contributed by atoms with E-state index in [1.807, 2.05) is 34.8 Å². The lowest BCUT2D eigenvalue weighted by molar-refractivity contribution is 0.765. The van der Waals surface area contributed by atoms with E-state index in [1.165, 1.54) is 17.7 Å². The normalized spacial score (nSPS) is 14.7. The second-order valence-electron chi connectivity index (χ2n) is 6.87. The van der Waals surface area contributed by atoms with Gasteiger partial charge in [0.1, 0.15) is 12.1 Å². The molecule has 1 fully saturated rings. The number of imidazole rings is 1. The maximum atomic E-state index is 4.49. The first-order valence-corrected chi connectivity index (χ1v) is 10.2. The highest BCUT2D eigenvalue weighted by Gasteiger charge is 2.43. The molecule has 1 aliphatic carbocycles. The third-order valence-corrected chi connectivity index (χ3v) is 6.22. The molecule has 4 rings (SSSR count). The fourth-order valence-corrected chi connectivity index (χ4v) is 4.16. The molecule has 0 amide bonds. The van der Waals surface area contributed by atoms with Crippen LogP contribution in [0.25, 0.3) is 5.82 Å². The number of guanidine groups is 1. The summed E-state index contributed by atoms with van der Waals surface area (Å²) in [5, 5.41) is 6.86. The summed E-state index contributed by atoms with van der Waals surface area (Å²) in [6, 6.07) is 14.7. The molecule has 3 aromatic rings. The van der Waals surface area contributed by atoms with E-state index in [2.05, 4.69) is 62.0 Å². The minimum absolute atomic E-state index is 0. The zero-order valence-corrected chi connectivity index (χ0v) is 19.4. The van der Waals surface area contributed by atoms with E-state index < -0.39 is 0 Å². The van der Waals surface area contributed by atoms with E-state index in [4.69, 9.17) is 0 Å². The highest BCUT2D eigenvalue weighted by atomic mass is 127. The highest BCUT2D eigenvalue weighted by Crippen LogP contribution is 2.51. The summed E-state index contributed by atoms with van der Waals surface area (Å²) in [4.78, 5) is 14.2. The van der Waals surface area contributed by atoms with Crippen LogP contribution in [0, 0.1) is 0 Å². The molecule has 0 radical (unpaired) electrons. The average molecular weight is 520 g/mol. The predicted molar refractivity (Wildman–Crippen MR) is 129 cm³/mol. The van der Waals surface area contributed by atoms with Gasteiger partial charge in [-0.2, -0.15) is 0 Å². The van der Waals surface area contributed by atoms with Crippen LogP contribution in [0.2, 0.25) is 0 Å². The first-order valence-electron chi connectivity index (χ1n) is 9.38. The SMILES string of the molecule is CN=C(NCc1ccc(-n2ccnc2)nc1)NCC1(Sc2ccccc2)CC1.I. The number of thioether (sulfide) groups is 1. The Morgan fingerprint density at radius 2 is 2.00 bits per heavy atom. The smallest absolute Gasteiger partial charge is 0.191 e. The molecule has 2 aromatic heterocycles. The first kappa shape index (κ1) is 21.6. The summed E-state index contributed by atoms with van der Waals surface area (Å²) in [5.41, 5.74) is 1.10. The molecule has 29 heavy (non-hydrogen) atoms. The van der Waals surface area contributed by atoms with Crippen LogP contribution in [-0.4, -0.2) is 38.8 Å². The topological polar surface area (TPSA) is 67.1 Å². The van der Waals surface area contributed by atoms with Gasteiger partial charge in [-0.15, -0.1) is 35.7 Å². The lowest BCUT2D eigenvalue weighted by Crippen LogP contribution is -2.40. The van der Waals surface area contributed by atoms with Gasteiger partial charge < -0.3 is 10.6 Å². The molecule has 0 spiro atoms. The standard InChI is InChI=1S/C21H24N6S.HI/c1-22-20(26-15-21(9-10-21)28-18-5-3-2-4-6-18)25-14-17-7-8-19(24-13-17)27-12-11-23-16-27;/h2-8,11-13,16H,9-10,14-15H2,1H3,(H2,22,25,26);1H. The average Bonchev–Trinajstić information content (AvgIpc) is 3.27. The number of aliphatic imine (C=N–C) groups is 1. The minimum atomic E-state index is 0. The van der Waals surface area contributed by atoms with Crippen molar-refractivity contribution >= 4 is 41.7 Å². The first-order chi connectivity index (χ1) is 13.8. The summed E-state index contributed by atoms with van der Waals surface area (Å²) in [5.74, 6) is 1.68. The molecule has 8 heteroatoms. The Kier molecular flexibility index (Phi) is 7.54. The van der Waals surface area contributed by atoms with Gasteiger partial charge in [0.2, 0.25) is 0 Å². The molecular weight excluding hydrogens is 495 g/mol. The van der Waals surface area contributed by atoms with Crippen LogP contribution < -0.4 is 10.6 Å². The minimum Gasteiger partial charge on any atom is -0.355 e. The van der Waals surface area contributed by atoms with E-state index in [0.717, 1.165) is 23.9 Å². The Hall–Kier alpha value is -2.07. The molecule has 1 aromatic carbocycles. The lowest BCUT2D eigenvalue weighted by atomic mass is 10.3. The van der Waals surface area contributed by atoms with Gasteiger partial charge in [-0.1, -0.05) is 24.3 Å². The van der Waals surface area contributed by atoms with E-state index in [-0.39, 0.29) is 28.7 Å². The molecule has 1 aliphatic rings. The van der Waals surface area contributed by atoms with Gasteiger partial charge in [0.25, 0.3) is 0 Å². The van der Waals surface area contributed by atoms with Crippen LogP contribution >= 0.6 is 35.7 Å². The van der Waals surface area contributed by atoms with Crippen molar-refractivity contribution in [1.29, 1.82) is 0 Å². The fraction of sp³-hybridized carbons (Fsp3) is 0.286. The molecule has 0 atom stereocenters. The van der Waals surface area contributed by atoms with Crippen molar-refractivity contribution in [3.05, 3.63) is 72.9 Å². The Bertz CT molecular complexity index is 908. The van der Waals surface area contributed by atoms with Gasteiger partial charge in [0, 0.05) is 48.4 Å². The zero-order chi connectivity index (χ0) is 19.2. The molecule has 0 aliphatic heterocycles. The fourth-order valence-electron chi connectivity index (χ4n) is 2.91. The van der Waals surface area contributed by atoms with Crippen LogP contribution in [0.15, 0.2) is 77.3 Å². The molecule has 1 saturated carbocycles. The number of nitrogens with one attached hydrogen (secondary N) is 2. The van der Waals surface area contributed by atoms with Crippen molar-refractivity contribution in [3.63, 3.8) is 0 Å². The Morgan fingerprint density at radius 1 is 1.17 bits per heavy atom.